The first-order valence-electron chi connectivity index (χ1n) is 8.74. The summed E-state index contributed by atoms with van der Waals surface area (Å²) in [7, 11) is 0. The van der Waals surface area contributed by atoms with Crippen LogP contribution in [0.2, 0.25) is 0 Å². The molecular weight excluding hydrogens is 302 g/mol. The van der Waals surface area contributed by atoms with Gasteiger partial charge in [-0.3, -0.25) is 4.90 Å². The van der Waals surface area contributed by atoms with E-state index in [1.165, 1.54) is 12.8 Å². The average Bonchev–Trinajstić information content (AvgIpc) is 2.46. The van der Waals surface area contributed by atoms with Crippen molar-refractivity contribution in [3.8, 4) is 0 Å². The first-order chi connectivity index (χ1) is 11.1. The number of hydrogen-bond donors (Lipinski definition) is 1. The van der Waals surface area contributed by atoms with Gasteiger partial charge in [-0.25, -0.2) is 4.79 Å². The predicted molar refractivity (Wildman–Crippen MR) is 98.3 cm³/mol. The summed E-state index contributed by atoms with van der Waals surface area (Å²) in [6.45, 7) is 15.3. The van der Waals surface area contributed by atoms with E-state index < -0.39 is 5.97 Å². The van der Waals surface area contributed by atoms with E-state index in [1.54, 1.807) is 30.3 Å². The fraction of sp³-hybridized carbons (Fsp3) is 0.650. The molecular formula is C20H33NO3. The minimum Gasteiger partial charge on any atom is -0.478 e. The molecule has 1 fully saturated rings. The number of benzene rings is 1. The van der Waals surface area contributed by atoms with Crippen LogP contribution in [0.15, 0.2) is 30.3 Å². The molecule has 0 spiro atoms. The number of ether oxygens (including phenoxy) is 1. The topological polar surface area (TPSA) is 49.8 Å². The maximum atomic E-state index is 10.2. The highest BCUT2D eigenvalue weighted by atomic mass is 16.5. The predicted octanol–water partition coefficient (Wildman–Crippen LogP) is 4.65. The number of carboxylic acids is 1. The van der Waals surface area contributed by atoms with E-state index in [0.29, 0.717) is 5.56 Å². The van der Waals surface area contributed by atoms with Gasteiger partial charge < -0.3 is 9.84 Å². The number of carboxylic acid groups (broad SMARTS) is 1. The molecule has 136 valence electrons. The molecule has 1 aliphatic rings. The van der Waals surface area contributed by atoms with Crippen LogP contribution in [0.1, 0.15) is 64.7 Å². The third-order valence-corrected chi connectivity index (χ3v) is 4.60. The Balaban J connectivity index is 0.000000272. The highest BCUT2D eigenvalue weighted by molar-refractivity contribution is 5.87. The van der Waals surface area contributed by atoms with Crippen molar-refractivity contribution < 1.29 is 14.6 Å². The van der Waals surface area contributed by atoms with Gasteiger partial charge in [0.15, 0.2) is 0 Å². The Bertz CT molecular complexity index is 493. The lowest BCUT2D eigenvalue weighted by molar-refractivity contribution is -0.115. The molecule has 4 nitrogen and oxygen atoms in total. The van der Waals surface area contributed by atoms with Crippen molar-refractivity contribution in [3.63, 3.8) is 0 Å². The molecule has 0 radical (unpaired) electrons. The second kappa shape index (κ2) is 8.63. The fourth-order valence-electron chi connectivity index (χ4n) is 3.93. The van der Waals surface area contributed by atoms with Gasteiger partial charge in [0.1, 0.15) is 0 Å². The van der Waals surface area contributed by atoms with Crippen LogP contribution in [0.3, 0.4) is 0 Å². The van der Waals surface area contributed by atoms with Crippen molar-refractivity contribution in [1.29, 1.82) is 0 Å². The number of carbonyl (C=O) groups is 1. The van der Waals surface area contributed by atoms with E-state index in [0.717, 1.165) is 19.3 Å². The maximum Gasteiger partial charge on any atom is 0.335 e. The van der Waals surface area contributed by atoms with Gasteiger partial charge in [0.2, 0.25) is 0 Å². The van der Waals surface area contributed by atoms with Gasteiger partial charge in [0.05, 0.1) is 12.3 Å². The second-order valence-electron chi connectivity index (χ2n) is 7.86. The summed E-state index contributed by atoms with van der Waals surface area (Å²) in [4.78, 5) is 12.7. The standard InChI is InChI=1S/C13H27NO.C7H6O2/c1-7-15-10-14-12(3,4)8-11(2)9-13(14,5)6;8-7(9)6-4-2-1-3-5-6/h11H,7-10H2,1-6H3;1-5H,(H,8,9). The van der Waals surface area contributed by atoms with Gasteiger partial charge >= 0.3 is 5.97 Å². The number of nitrogens with zero attached hydrogens (tertiary/aromatic N) is 1. The van der Waals surface area contributed by atoms with Gasteiger partial charge in [0.25, 0.3) is 0 Å². The van der Waals surface area contributed by atoms with Crippen LogP contribution >= 0.6 is 0 Å². The summed E-state index contributed by atoms with van der Waals surface area (Å²) in [6, 6.07) is 8.30. The summed E-state index contributed by atoms with van der Waals surface area (Å²) in [5, 5.41) is 8.38. The smallest absolute Gasteiger partial charge is 0.335 e. The molecule has 1 saturated heterocycles. The lowest BCUT2D eigenvalue weighted by Crippen LogP contribution is -2.60. The molecule has 0 bridgehead atoms. The Kier molecular flexibility index (Phi) is 7.43. The first kappa shape index (κ1) is 20.7. The van der Waals surface area contributed by atoms with Gasteiger partial charge in [0, 0.05) is 17.7 Å². The summed E-state index contributed by atoms with van der Waals surface area (Å²) in [6.07, 6.45) is 2.53. The Hall–Kier alpha value is -1.39. The normalized spacial score (nSPS) is 20.1. The molecule has 1 N–H and O–H groups in total. The SMILES string of the molecule is CCOCN1C(C)(C)CC(C)CC1(C)C.O=C(O)c1ccccc1. The third kappa shape index (κ3) is 5.91. The van der Waals surface area contributed by atoms with Crippen LogP contribution in [0.4, 0.5) is 0 Å². The molecule has 0 unspecified atom stereocenters. The zero-order valence-corrected chi connectivity index (χ0v) is 16.0. The first-order valence-corrected chi connectivity index (χ1v) is 8.74. The van der Waals surface area contributed by atoms with Crippen LogP contribution in [-0.4, -0.2) is 40.4 Å². The Morgan fingerprint density at radius 1 is 1.17 bits per heavy atom. The monoisotopic (exact) mass is 335 g/mol. The Labute approximate surface area is 146 Å². The lowest BCUT2D eigenvalue weighted by Gasteiger charge is -2.54. The van der Waals surface area contributed by atoms with E-state index in [9.17, 15) is 4.79 Å². The molecule has 1 aromatic carbocycles. The van der Waals surface area contributed by atoms with Crippen LogP contribution in [0.25, 0.3) is 0 Å². The highest BCUT2D eigenvalue weighted by Gasteiger charge is 2.43. The van der Waals surface area contributed by atoms with Crippen molar-refractivity contribution in [3.05, 3.63) is 35.9 Å². The maximum absolute atomic E-state index is 10.2. The Morgan fingerprint density at radius 3 is 2.04 bits per heavy atom. The molecule has 4 heteroatoms. The largest absolute Gasteiger partial charge is 0.478 e. The molecule has 0 aliphatic carbocycles. The van der Waals surface area contributed by atoms with Crippen LogP contribution in [-0.2, 0) is 4.74 Å². The second-order valence-corrected chi connectivity index (χ2v) is 7.86. The molecule has 1 heterocycles. The van der Waals surface area contributed by atoms with Crippen molar-refractivity contribution in [2.75, 3.05) is 13.3 Å². The van der Waals surface area contributed by atoms with Gasteiger partial charge in [-0.05, 0) is 65.5 Å². The highest BCUT2D eigenvalue weighted by Crippen LogP contribution is 2.40. The Morgan fingerprint density at radius 2 is 1.67 bits per heavy atom. The van der Waals surface area contributed by atoms with Gasteiger partial charge in [-0.2, -0.15) is 0 Å². The summed E-state index contributed by atoms with van der Waals surface area (Å²) in [5.41, 5.74) is 0.852. The molecule has 1 aromatic rings. The van der Waals surface area contributed by atoms with Crippen LogP contribution in [0.5, 0.6) is 0 Å². The van der Waals surface area contributed by atoms with Crippen molar-refractivity contribution in [1.82, 2.24) is 4.90 Å². The third-order valence-electron chi connectivity index (χ3n) is 4.60. The van der Waals surface area contributed by atoms with E-state index in [2.05, 4.69) is 46.4 Å². The number of aromatic carboxylic acids is 1. The van der Waals surface area contributed by atoms with Crippen molar-refractivity contribution in [2.24, 2.45) is 5.92 Å². The number of hydrogen-bond acceptors (Lipinski definition) is 3. The van der Waals surface area contributed by atoms with Crippen molar-refractivity contribution >= 4 is 5.97 Å². The molecule has 0 aromatic heterocycles. The minimum absolute atomic E-state index is 0.260. The van der Waals surface area contributed by atoms with Crippen molar-refractivity contribution in [2.45, 2.75) is 65.5 Å². The number of piperidine rings is 1. The lowest BCUT2D eigenvalue weighted by atomic mass is 9.75. The zero-order chi connectivity index (χ0) is 18.4. The van der Waals surface area contributed by atoms with E-state index in [4.69, 9.17) is 9.84 Å². The molecule has 24 heavy (non-hydrogen) atoms. The molecule has 0 atom stereocenters. The quantitative estimate of drug-likeness (QED) is 0.870. The number of rotatable bonds is 4. The van der Waals surface area contributed by atoms with Crippen LogP contribution < -0.4 is 0 Å². The average molecular weight is 335 g/mol. The minimum atomic E-state index is -0.879. The summed E-state index contributed by atoms with van der Waals surface area (Å²) in [5.74, 6) is -0.0662. The van der Waals surface area contributed by atoms with E-state index in [-0.39, 0.29) is 11.1 Å². The van der Waals surface area contributed by atoms with E-state index in [1.807, 2.05) is 0 Å². The molecule has 0 amide bonds. The summed E-state index contributed by atoms with van der Waals surface area (Å²) >= 11 is 0. The van der Waals surface area contributed by atoms with Gasteiger partial charge in [-0.15, -0.1) is 0 Å². The van der Waals surface area contributed by atoms with E-state index >= 15 is 0 Å². The molecule has 1 aliphatic heterocycles. The molecule has 2 rings (SSSR count). The summed E-state index contributed by atoms with van der Waals surface area (Å²) < 4.78 is 5.61. The van der Waals surface area contributed by atoms with Gasteiger partial charge in [-0.1, -0.05) is 25.1 Å². The fourth-order valence-corrected chi connectivity index (χ4v) is 3.93. The molecule has 0 saturated carbocycles. The zero-order valence-electron chi connectivity index (χ0n) is 16.0. The van der Waals surface area contributed by atoms with Crippen LogP contribution in [0, 0.1) is 5.92 Å². The number of likely N-dealkylation sites (tertiary alicyclic amines) is 1.